The van der Waals surface area contributed by atoms with Crippen molar-refractivity contribution in [3.63, 3.8) is 0 Å². The highest BCUT2D eigenvalue weighted by Crippen LogP contribution is 2.40. The summed E-state index contributed by atoms with van der Waals surface area (Å²) in [6.07, 6.45) is 8.07. The molecule has 2 saturated heterocycles. The zero-order valence-corrected chi connectivity index (χ0v) is 17.9. The van der Waals surface area contributed by atoms with Crippen LogP contribution in [0, 0.1) is 0 Å². The smallest absolute Gasteiger partial charge is 0.146 e. The molecule has 1 atom stereocenters. The van der Waals surface area contributed by atoms with Gasteiger partial charge in [-0.25, -0.2) is 9.97 Å². The molecular weight excluding hydrogens is 384 g/mol. The van der Waals surface area contributed by atoms with E-state index in [9.17, 15) is 0 Å². The summed E-state index contributed by atoms with van der Waals surface area (Å²) in [5, 5.41) is 1.32. The van der Waals surface area contributed by atoms with E-state index in [2.05, 4.69) is 16.4 Å². The van der Waals surface area contributed by atoms with Crippen LogP contribution in [0.2, 0.25) is 0 Å². The number of hydrogen-bond donors (Lipinski definition) is 0. The third kappa shape index (κ3) is 4.06. The number of fused-ring (bicyclic) bond motifs is 3. The molecule has 1 aliphatic carbocycles. The average molecular weight is 415 g/mol. The van der Waals surface area contributed by atoms with Crippen LogP contribution in [0.15, 0.2) is 12.7 Å². The van der Waals surface area contributed by atoms with E-state index in [1.807, 2.05) is 17.4 Å². The van der Waals surface area contributed by atoms with E-state index in [0.717, 1.165) is 64.0 Å². The lowest BCUT2D eigenvalue weighted by molar-refractivity contribution is 0.0331. The standard InChI is InChI=1S/C22H30N4O2S/c1-2-11-28-16-7-8-26(14-16)21-20-17-5-3-4-6-18(17)29-22(20)24-19(23-21)15-25-9-12-27-13-10-25/h2,16H,1,3-15H2. The van der Waals surface area contributed by atoms with Crippen LogP contribution in [0.25, 0.3) is 10.2 Å². The zero-order chi connectivity index (χ0) is 19.6. The number of hydrogen-bond acceptors (Lipinski definition) is 7. The van der Waals surface area contributed by atoms with Gasteiger partial charge in [0, 0.05) is 31.1 Å². The summed E-state index contributed by atoms with van der Waals surface area (Å²) in [6, 6.07) is 0. The Kier molecular flexibility index (Phi) is 5.81. The summed E-state index contributed by atoms with van der Waals surface area (Å²) >= 11 is 1.90. The Labute approximate surface area is 176 Å². The second-order valence-electron chi connectivity index (χ2n) is 8.22. The van der Waals surface area contributed by atoms with Gasteiger partial charge in [0.2, 0.25) is 0 Å². The van der Waals surface area contributed by atoms with Crippen LogP contribution in [-0.2, 0) is 28.9 Å². The van der Waals surface area contributed by atoms with Crippen LogP contribution in [0.3, 0.4) is 0 Å². The molecule has 29 heavy (non-hydrogen) atoms. The summed E-state index contributed by atoms with van der Waals surface area (Å²) in [5.74, 6) is 2.09. The maximum atomic E-state index is 5.94. The first-order valence-electron chi connectivity index (χ1n) is 10.9. The lowest BCUT2D eigenvalue weighted by atomic mass is 9.97. The van der Waals surface area contributed by atoms with Crippen molar-refractivity contribution in [1.29, 1.82) is 0 Å². The third-order valence-electron chi connectivity index (χ3n) is 6.20. The predicted molar refractivity (Wildman–Crippen MR) is 117 cm³/mol. The Balaban J connectivity index is 1.49. The number of rotatable bonds is 6. The van der Waals surface area contributed by atoms with Gasteiger partial charge in [-0.05, 0) is 37.7 Å². The topological polar surface area (TPSA) is 50.7 Å². The Hall–Kier alpha value is -1.54. The Morgan fingerprint density at radius 2 is 2.03 bits per heavy atom. The molecule has 0 saturated carbocycles. The number of thiophene rings is 1. The van der Waals surface area contributed by atoms with Gasteiger partial charge in [0.25, 0.3) is 0 Å². The van der Waals surface area contributed by atoms with Crippen molar-refractivity contribution in [2.24, 2.45) is 0 Å². The molecule has 2 fully saturated rings. The minimum atomic E-state index is 0.259. The summed E-state index contributed by atoms with van der Waals surface area (Å²) < 4.78 is 11.4. The first-order valence-corrected chi connectivity index (χ1v) is 11.7. The molecule has 0 N–H and O–H groups in total. The summed E-state index contributed by atoms with van der Waals surface area (Å²) in [4.78, 5) is 17.7. The molecule has 7 heteroatoms. The SMILES string of the molecule is C=CCOC1CCN(c2nc(CN3CCOCC3)nc3sc4c(c23)CCCC4)C1. The molecule has 156 valence electrons. The van der Waals surface area contributed by atoms with Crippen LogP contribution in [-0.4, -0.2) is 67.0 Å². The third-order valence-corrected chi connectivity index (χ3v) is 7.39. The van der Waals surface area contributed by atoms with Crippen molar-refractivity contribution < 1.29 is 9.47 Å². The van der Waals surface area contributed by atoms with Gasteiger partial charge in [0.1, 0.15) is 16.5 Å². The molecular formula is C22H30N4O2S. The van der Waals surface area contributed by atoms with E-state index in [4.69, 9.17) is 19.4 Å². The van der Waals surface area contributed by atoms with Gasteiger partial charge in [-0.1, -0.05) is 6.08 Å². The van der Waals surface area contributed by atoms with E-state index < -0.39 is 0 Å². The van der Waals surface area contributed by atoms with Crippen molar-refractivity contribution in [3.05, 3.63) is 28.9 Å². The molecule has 5 rings (SSSR count). The Morgan fingerprint density at radius 3 is 2.90 bits per heavy atom. The quantitative estimate of drug-likeness (QED) is 0.677. The van der Waals surface area contributed by atoms with Crippen molar-refractivity contribution in [2.45, 2.75) is 44.8 Å². The Morgan fingerprint density at radius 1 is 1.17 bits per heavy atom. The van der Waals surface area contributed by atoms with E-state index in [1.54, 1.807) is 0 Å². The largest absolute Gasteiger partial charge is 0.379 e. The molecule has 0 spiro atoms. The number of morpholine rings is 1. The summed E-state index contributed by atoms with van der Waals surface area (Å²) in [6.45, 7) is 10.6. The summed E-state index contributed by atoms with van der Waals surface area (Å²) in [7, 11) is 0. The molecule has 0 radical (unpaired) electrons. The fourth-order valence-electron chi connectivity index (χ4n) is 4.70. The van der Waals surface area contributed by atoms with Crippen molar-refractivity contribution >= 4 is 27.4 Å². The van der Waals surface area contributed by atoms with Gasteiger partial charge in [-0.15, -0.1) is 17.9 Å². The summed E-state index contributed by atoms with van der Waals surface area (Å²) in [5.41, 5.74) is 1.51. The normalized spacial score (nSPS) is 22.9. The van der Waals surface area contributed by atoms with Crippen molar-refractivity contribution in [3.8, 4) is 0 Å². The number of ether oxygens (including phenoxy) is 2. The first kappa shape index (κ1) is 19.4. The maximum absolute atomic E-state index is 5.94. The number of aryl methyl sites for hydroxylation is 2. The molecule has 2 aromatic heterocycles. The highest BCUT2D eigenvalue weighted by molar-refractivity contribution is 7.19. The maximum Gasteiger partial charge on any atom is 0.146 e. The van der Waals surface area contributed by atoms with E-state index in [1.165, 1.54) is 46.3 Å². The first-order chi connectivity index (χ1) is 14.3. The van der Waals surface area contributed by atoms with Crippen LogP contribution < -0.4 is 4.90 Å². The van der Waals surface area contributed by atoms with Crippen LogP contribution in [0.4, 0.5) is 5.82 Å². The van der Waals surface area contributed by atoms with Gasteiger partial charge in [-0.2, -0.15) is 0 Å². The van der Waals surface area contributed by atoms with Gasteiger partial charge < -0.3 is 14.4 Å². The van der Waals surface area contributed by atoms with E-state index in [-0.39, 0.29) is 6.10 Å². The van der Waals surface area contributed by atoms with E-state index in [0.29, 0.717) is 6.61 Å². The molecule has 4 heterocycles. The van der Waals surface area contributed by atoms with Gasteiger partial charge in [-0.3, -0.25) is 4.90 Å². The zero-order valence-electron chi connectivity index (χ0n) is 17.1. The Bertz CT molecular complexity index is 877. The molecule has 6 nitrogen and oxygen atoms in total. The molecule has 0 amide bonds. The minimum absolute atomic E-state index is 0.259. The predicted octanol–water partition coefficient (Wildman–Crippen LogP) is 3.18. The van der Waals surface area contributed by atoms with Crippen molar-refractivity contribution in [2.75, 3.05) is 50.9 Å². The van der Waals surface area contributed by atoms with Crippen molar-refractivity contribution in [1.82, 2.24) is 14.9 Å². The van der Waals surface area contributed by atoms with Gasteiger partial charge in [0.15, 0.2) is 0 Å². The highest BCUT2D eigenvalue weighted by Gasteiger charge is 2.29. The lowest BCUT2D eigenvalue weighted by Gasteiger charge is -2.26. The average Bonchev–Trinajstić information content (AvgIpc) is 3.37. The highest BCUT2D eigenvalue weighted by atomic mass is 32.1. The van der Waals surface area contributed by atoms with Gasteiger partial charge in [0.05, 0.1) is 37.9 Å². The lowest BCUT2D eigenvalue weighted by Crippen LogP contribution is -2.36. The molecule has 3 aliphatic rings. The molecule has 1 unspecified atom stereocenters. The van der Waals surface area contributed by atoms with E-state index >= 15 is 0 Å². The second-order valence-corrected chi connectivity index (χ2v) is 9.31. The molecule has 0 bridgehead atoms. The molecule has 2 aromatic rings. The molecule has 2 aliphatic heterocycles. The fourth-order valence-corrected chi connectivity index (χ4v) is 5.98. The monoisotopic (exact) mass is 414 g/mol. The fraction of sp³-hybridized carbons (Fsp3) is 0.636. The van der Waals surface area contributed by atoms with Crippen LogP contribution in [0.1, 0.15) is 35.5 Å². The second kappa shape index (κ2) is 8.68. The number of nitrogens with zero attached hydrogens (tertiary/aromatic N) is 4. The van der Waals surface area contributed by atoms with Crippen LogP contribution >= 0.6 is 11.3 Å². The minimum Gasteiger partial charge on any atom is -0.379 e. The van der Waals surface area contributed by atoms with Crippen LogP contribution in [0.5, 0.6) is 0 Å². The number of aromatic nitrogens is 2. The number of anilines is 1. The van der Waals surface area contributed by atoms with Gasteiger partial charge >= 0.3 is 0 Å². The molecule has 0 aromatic carbocycles.